The van der Waals surface area contributed by atoms with Crippen LogP contribution in [-0.4, -0.2) is 46.5 Å². The molecule has 1 aromatic carbocycles. The fraction of sp³-hybridized carbons (Fsp3) is 0.435. The van der Waals surface area contributed by atoms with Gasteiger partial charge in [0.25, 0.3) is 5.56 Å². The van der Waals surface area contributed by atoms with Gasteiger partial charge in [0, 0.05) is 25.8 Å². The van der Waals surface area contributed by atoms with Gasteiger partial charge in [0.2, 0.25) is 11.8 Å². The molecule has 2 aromatic heterocycles. The highest BCUT2D eigenvalue weighted by molar-refractivity contribution is 7.22. The fourth-order valence-electron chi connectivity index (χ4n) is 4.66. The number of nitrogens with one attached hydrogen (secondary N) is 2. The first kappa shape index (κ1) is 21.6. The van der Waals surface area contributed by atoms with E-state index in [1.807, 2.05) is 17.0 Å². The van der Waals surface area contributed by atoms with Crippen LogP contribution in [0.4, 0.5) is 10.8 Å². The molecule has 1 aliphatic heterocycles. The number of rotatable bonds is 5. The number of hydrogen-bond acceptors (Lipinski definition) is 7. The average Bonchev–Trinajstić information content (AvgIpc) is 3.47. The molecule has 3 aromatic rings. The lowest BCUT2D eigenvalue weighted by molar-refractivity contribution is -0.124. The minimum absolute atomic E-state index is 0.0238. The van der Waals surface area contributed by atoms with Gasteiger partial charge in [0.15, 0.2) is 10.8 Å². The number of thiazole rings is 1. The summed E-state index contributed by atoms with van der Waals surface area (Å²) in [6, 6.07) is 5.99. The van der Waals surface area contributed by atoms with E-state index in [2.05, 4.69) is 26.7 Å². The number of carbonyl (C=O) groups excluding carboxylic acids is 2. The van der Waals surface area contributed by atoms with E-state index < -0.39 is 0 Å². The summed E-state index contributed by atoms with van der Waals surface area (Å²) in [4.78, 5) is 48.5. The first-order valence-electron chi connectivity index (χ1n) is 11.3. The molecule has 9 nitrogen and oxygen atoms in total. The van der Waals surface area contributed by atoms with Crippen LogP contribution >= 0.6 is 11.3 Å². The maximum atomic E-state index is 13.0. The molecule has 0 bridgehead atoms. The molecule has 1 aliphatic carbocycles. The Labute approximate surface area is 194 Å². The molecule has 2 aliphatic rings. The minimum atomic E-state index is -0.285. The molecule has 172 valence electrons. The third-order valence-electron chi connectivity index (χ3n) is 6.38. The summed E-state index contributed by atoms with van der Waals surface area (Å²) in [7, 11) is 1.64. The molecule has 3 heterocycles. The zero-order chi connectivity index (χ0) is 22.9. The number of piperidine rings is 1. The zero-order valence-electron chi connectivity index (χ0n) is 18.5. The summed E-state index contributed by atoms with van der Waals surface area (Å²) in [5, 5.41) is 6.28. The van der Waals surface area contributed by atoms with E-state index >= 15 is 0 Å². The first-order valence-corrected chi connectivity index (χ1v) is 12.1. The fourth-order valence-corrected chi connectivity index (χ4v) is 5.66. The molecule has 0 spiro atoms. The molecule has 1 saturated heterocycles. The van der Waals surface area contributed by atoms with Gasteiger partial charge in [0.05, 0.1) is 5.92 Å². The van der Waals surface area contributed by atoms with E-state index in [1.54, 1.807) is 7.05 Å². The van der Waals surface area contributed by atoms with Crippen molar-refractivity contribution in [1.82, 2.24) is 19.9 Å². The maximum absolute atomic E-state index is 13.0. The van der Waals surface area contributed by atoms with Crippen molar-refractivity contribution < 1.29 is 9.59 Å². The average molecular weight is 467 g/mol. The molecular weight excluding hydrogens is 440 g/mol. The van der Waals surface area contributed by atoms with Crippen LogP contribution in [0.5, 0.6) is 0 Å². The second-order valence-electron chi connectivity index (χ2n) is 8.61. The molecule has 1 fully saturated rings. The molecule has 33 heavy (non-hydrogen) atoms. The lowest BCUT2D eigenvalue weighted by atomic mass is 9.98. The Balaban J connectivity index is 1.31. The molecule has 0 unspecified atom stereocenters. The molecule has 1 atom stereocenters. The standard InChI is InChI=1S/C23H26N6O3S/c1-24-21(31)16-6-3-9-28(11-16)23-27-20-19(33-23)22(32)29(13-25-20)12-18(30)26-17-8-7-14-4-2-5-15(14)10-17/h7-8,10,13,16H,2-6,9,11-12H2,1H3,(H,24,31)(H,26,30)/t16-/m1/s1. The van der Waals surface area contributed by atoms with Crippen LogP contribution in [-0.2, 0) is 29.0 Å². The highest BCUT2D eigenvalue weighted by atomic mass is 32.1. The number of nitrogens with zero attached hydrogens (tertiary/aromatic N) is 4. The van der Waals surface area contributed by atoms with Crippen molar-refractivity contribution in [3.8, 4) is 0 Å². The Hall–Kier alpha value is -3.27. The van der Waals surface area contributed by atoms with E-state index in [4.69, 9.17) is 0 Å². The van der Waals surface area contributed by atoms with Gasteiger partial charge in [0.1, 0.15) is 17.6 Å². The summed E-state index contributed by atoms with van der Waals surface area (Å²) in [6.07, 6.45) is 6.37. The van der Waals surface area contributed by atoms with Gasteiger partial charge >= 0.3 is 0 Å². The number of aryl methyl sites for hydroxylation is 2. The minimum Gasteiger partial charge on any atom is -0.359 e. The first-order chi connectivity index (χ1) is 16.0. The molecular formula is C23H26N6O3S. The Morgan fingerprint density at radius 2 is 2.06 bits per heavy atom. The highest BCUT2D eigenvalue weighted by Gasteiger charge is 2.27. The van der Waals surface area contributed by atoms with Crippen molar-refractivity contribution in [3.63, 3.8) is 0 Å². The predicted molar refractivity (Wildman–Crippen MR) is 128 cm³/mol. The third kappa shape index (κ3) is 4.35. The van der Waals surface area contributed by atoms with Crippen LogP contribution in [0.3, 0.4) is 0 Å². The number of aromatic nitrogens is 3. The lowest BCUT2D eigenvalue weighted by Gasteiger charge is -2.31. The summed E-state index contributed by atoms with van der Waals surface area (Å²) >= 11 is 1.27. The Morgan fingerprint density at radius 3 is 2.91 bits per heavy atom. The molecule has 0 saturated carbocycles. The van der Waals surface area contributed by atoms with E-state index in [0.717, 1.165) is 44.3 Å². The van der Waals surface area contributed by atoms with E-state index in [-0.39, 0.29) is 29.8 Å². The van der Waals surface area contributed by atoms with E-state index in [9.17, 15) is 14.4 Å². The van der Waals surface area contributed by atoms with Gasteiger partial charge in [-0.25, -0.2) is 4.98 Å². The maximum Gasteiger partial charge on any atom is 0.273 e. The number of fused-ring (bicyclic) bond motifs is 2. The smallest absolute Gasteiger partial charge is 0.273 e. The van der Waals surface area contributed by atoms with Crippen molar-refractivity contribution in [2.75, 3.05) is 30.4 Å². The lowest BCUT2D eigenvalue weighted by Crippen LogP contribution is -2.42. The molecule has 0 radical (unpaired) electrons. The zero-order valence-corrected chi connectivity index (χ0v) is 19.3. The SMILES string of the molecule is CNC(=O)[C@@H]1CCCN(c2nc3ncn(CC(=O)Nc4ccc5c(c4)CCC5)c(=O)c3s2)C1. The molecule has 10 heteroatoms. The highest BCUT2D eigenvalue weighted by Crippen LogP contribution is 2.29. The molecule has 5 rings (SSSR count). The monoisotopic (exact) mass is 466 g/mol. The van der Waals surface area contributed by atoms with Gasteiger partial charge in [-0.1, -0.05) is 17.4 Å². The predicted octanol–water partition coefficient (Wildman–Crippen LogP) is 1.94. The largest absolute Gasteiger partial charge is 0.359 e. The number of anilines is 2. The summed E-state index contributed by atoms with van der Waals surface area (Å²) in [6.45, 7) is 1.23. The Bertz CT molecular complexity index is 1280. The van der Waals surface area contributed by atoms with Gasteiger partial charge in [-0.15, -0.1) is 0 Å². The number of benzene rings is 1. The van der Waals surface area contributed by atoms with Gasteiger partial charge in [-0.05, 0) is 55.4 Å². The van der Waals surface area contributed by atoms with E-state index in [0.29, 0.717) is 22.0 Å². The summed E-state index contributed by atoms with van der Waals surface area (Å²) in [5.74, 6) is -0.343. The van der Waals surface area contributed by atoms with Crippen molar-refractivity contribution in [3.05, 3.63) is 46.0 Å². The molecule has 2 amide bonds. The van der Waals surface area contributed by atoms with Crippen LogP contribution in [0.15, 0.2) is 29.3 Å². The molecule has 2 N–H and O–H groups in total. The van der Waals surface area contributed by atoms with Crippen LogP contribution in [0.25, 0.3) is 10.3 Å². The second-order valence-corrected chi connectivity index (χ2v) is 9.59. The summed E-state index contributed by atoms with van der Waals surface area (Å²) in [5.41, 5.74) is 3.46. The van der Waals surface area contributed by atoms with Crippen molar-refractivity contribution >= 4 is 44.3 Å². The van der Waals surface area contributed by atoms with Gasteiger partial charge in [-0.3, -0.25) is 19.0 Å². The number of amides is 2. The Morgan fingerprint density at radius 1 is 1.21 bits per heavy atom. The topological polar surface area (TPSA) is 109 Å². The third-order valence-corrected chi connectivity index (χ3v) is 7.47. The van der Waals surface area contributed by atoms with E-state index in [1.165, 1.54) is 33.4 Å². The van der Waals surface area contributed by atoms with Gasteiger partial charge < -0.3 is 15.5 Å². The number of carbonyl (C=O) groups is 2. The van der Waals surface area contributed by atoms with Crippen LogP contribution < -0.4 is 21.1 Å². The normalized spacial score (nSPS) is 17.7. The number of hydrogen-bond donors (Lipinski definition) is 2. The quantitative estimate of drug-likeness (QED) is 0.595. The van der Waals surface area contributed by atoms with Crippen molar-refractivity contribution in [1.29, 1.82) is 0 Å². The van der Waals surface area contributed by atoms with Gasteiger partial charge in [-0.2, -0.15) is 4.98 Å². The van der Waals surface area contributed by atoms with Crippen molar-refractivity contribution in [2.45, 2.75) is 38.6 Å². The summed E-state index contributed by atoms with van der Waals surface area (Å²) < 4.78 is 1.73. The Kier molecular flexibility index (Phi) is 5.84. The van der Waals surface area contributed by atoms with Crippen LogP contribution in [0.2, 0.25) is 0 Å². The van der Waals surface area contributed by atoms with Crippen molar-refractivity contribution in [2.24, 2.45) is 5.92 Å². The van der Waals surface area contributed by atoms with Crippen LogP contribution in [0, 0.1) is 5.92 Å². The second kappa shape index (κ2) is 8.93. The van der Waals surface area contributed by atoms with Crippen LogP contribution in [0.1, 0.15) is 30.4 Å².